The zero-order valence-corrected chi connectivity index (χ0v) is 7.99. The maximum atomic E-state index is 9.54. The zero-order chi connectivity index (χ0) is 9.42. The minimum absolute atomic E-state index is 0.0608. The van der Waals surface area contributed by atoms with Crippen LogP contribution in [0.5, 0.6) is 5.75 Å². The summed E-state index contributed by atoms with van der Waals surface area (Å²) < 4.78 is 0.670. The lowest BCUT2D eigenvalue weighted by Crippen LogP contribution is -1.67. The Hall–Kier alpha value is -1.24. The molecule has 0 spiro atoms. The summed E-state index contributed by atoms with van der Waals surface area (Å²) in [6, 6.07) is 7.16. The Bertz CT molecular complexity index is 512. The topological polar surface area (TPSA) is 44.0 Å². The van der Waals surface area contributed by atoms with E-state index in [0.29, 0.717) is 14.6 Å². The lowest BCUT2D eigenvalue weighted by molar-refractivity contribution is 0.483. The van der Waals surface area contributed by atoms with Crippen molar-refractivity contribution >= 4 is 33.0 Å². The van der Waals surface area contributed by atoms with Gasteiger partial charge in [0.2, 0.25) is 0 Å². The van der Waals surface area contributed by atoms with Gasteiger partial charge in [0.05, 0.1) is 9.72 Å². The molecule has 0 atom stereocenters. The molecule has 0 saturated carbocycles. The van der Waals surface area contributed by atoms with E-state index >= 15 is 0 Å². The summed E-state index contributed by atoms with van der Waals surface area (Å²) in [6.07, 6.45) is 0. The van der Waals surface area contributed by atoms with E-state index in [-0.39, 0.29) is 5.75 Å². The van der Waals surface area contributed by atoms with Gasteiger partial charge in [-0.15, -0.1) is 11.3 Å². The number of aromatic hydroxyl groups is 1. The highest BCUT2D eigenvalue weighted by Crippen LogP contribution is 2.37. The maximum absolute atomic E-state index is 9.54. The monoisotopic (exact) mass is 209 g/mol. The molecule has 0 unspecified atom stereocenters. The van der Waals surface area contributed by atoms with Crippen molar-refractivity contribution in [3.63, 3.8) is 0 Å². The summed E-state index contributed by atoms with van der Waals surface area (Å²) in [5.74, 6) is 0.0608. The Morgan fingerprint density at radius 3 is 2.92 bits per heavy atom. The molecule has 1 N–H and O–H groups in total. The van der Waals surface area contributed by atoms with Crippen molar-refractivity contribution < 1.29 is 5.11 Å². The quantitative estimate of drug-likeness (QED) is 0.725. The van der Waals surface area contributed by atoms with Crippen molar-refractivity contribution in [1.29, 1.82) is 5.26 Å². The number of rotatable bonds is 0. The predicted octanol–water partition coefficient (Wildman–Crippen LogP) is 3.13. The summed E-state index contributed by atoms with van der Waals surface area (Å²) in [4.78, 5) is 0.576. The molecule has 1 heterocycles. The van der Waals surface area contributed by atoms with Gasteiger partial charge in [0, 0.05) is 0 Å². The average Bonchev–Trinajstić information content (AvgIpc) is 2.55. The van der Waals surface area contributed by atoms with E-state index in [2.05, 4.69) is 0 Å². The lowest BCUT2D eigenvalue weighted by Gasteiger charge is -1.95. The molecule has 1 aromatic carbocycles. The largest absolute Gasteiger partial charge is 0.505 e. The van der Waals surface area contributed by atoms with Crippen LogP contribution >= 0.6 is 22.9 Å². The molecular formula is C9H4ClNOS. The molecule has 64 valence electrons. The van der Waals surface area contributed by atoms with E-state index in [0.717, 1.165) is 5.39 Å². The van der Waals surface area contributed by atoms with Crippen molar-refractivity contribution in [2.45, 2.75) is 0 Å². The molecule has 4 heteroatoms. The summed E-state index contributed by atoms with van der Waals surface area (Å²) in [6.45, 7) is 0. The van der Waals surface area contributed by atoms with Crippen LogP contribution in [0.4, 0.5) is 0 Å². The second kappa shape index (κ2) is 2.91. The average molecular weight is 210 g/mol. The summed E-state index contributed by atoms with van der Waals surface area (Å²) in [5.41, 5.74) is 0. The van der Waals surface area contributed by atoms with Crippen molar-refractivity contribution in [3.8, 4) is 11.8 Å². The smallest absolute Gasteiger partial charge is 0.151 e. The Labute approximate surface area is 83.6 Å². The summed E-state index contributed by atoms with van der Waals surface area (Å²) >= 11 is 6.96. The highest BCUT2D eigenvalue weighted by atomic mass is 35.5. The van der Waals surface area contributed by atoms with Crippen LogP contribution in [0, 0.1) is 11.3 Å². The molecule has 0 amide bonds. The first-order chi connectivity index (χ1) is 6.22. The van der Waals surface area contributed by atoms with Gasteiger partial charge in [0.25, 0.3) is 0 Å². The molecule has 0 fully saturated rings. The predicted molar refractivity (Wildman–Crippen MR) is 53.2 cm³/mol. The number of benzene rings is 1. The normalized spacial score (nSPS) is 10.2. The van der Waals surface area contributed by atoms with Crippen LogP contribution in [0.25, 0.3) is 10.1 Å². The first-order valence-electron chi connectivity index (χ1n) is 3.53. The number of nitrogens with zero attached hydrogens (tertiary/aromatic N) is 1. The minimum atomic E-state index is 0.0608. The molecule has 0 aliphatic carbocycles. The first-order valence-corrected chi connectivity index (χ1v) is 4.73. The summed E-state index contributed by atoms with van der Waals surface area (Å²) in [5, 5.41) is 19.3. The Morgan fingerprint density at radius 1 is 1.46 bits per heavy atom. The molecule has 2 aromatic rings. The van der Waals surface area contributed by atoms with Crippen LogP contribution in [-0.4, -0.2) is 5.11 Å². The Kier molecular flexibility index (Phi) is 1.87. The first kappa shape index (κ1) is 8.36. The fraction of sp³-hybridized carbons (Fsp3) is 0. The van der Waals surface area contributed by atoms with Gasteiger partial charge in [-0.05, 0) is 17.5 Å². The van der Waals surface area contributed by atoms with E-state index in [1.54, 1.807) is 18.2 Å². The van der Waals surface area contributed by atoms with Gasteiger partial charge in [-0.1, -0.05) is 17.7 Å². The number of hydrogen-bond donors (Lipinski definition) is 1. The molecular weight excluding hydrogens is 206 g/mol. The highest BCUT2D eigenvalue weighted by molar-refractivity contribution is 7.20. The Balaban J connectivity index is 2.86. The van der Waals surface area contributed by atoms with Crippen LogP contribution in [-0.2, 0) is 0 Å². The number of fused-ring (bicyclic) bond motifs is 1. The second-order valence-corrected chi connectivity index (χ2v) is 4.00. The number of thiophene rings is 1. The number of phenols is 1. The second-order valence-electron chi connectivity index (χ2n) is 2.54. The van der Waals surface area contributed by atoms with E-state index < -0.39 is 0 Å². The third kappa shape index (κ3) is 1.24. The number of phenolic OH excluding ortho intramolecular Hbond substituents is 1. The third-order valence-electron chi connectivity index (χ3n) is 1.72. The number of hydrogen-bond acceptors (Lipinski definition) is 3. The van der Waals surface area contributed by atoms with Crippen LogP contribution in [0.2, 0.25) is 5.02 Å². The highest BCUT2D eigenvalue weighted by Gasteiger charge is 2.08. The van der Waals surface area contributed by atoms with E-state index in [4.69, 9.17) is 16.9 Å². The molecule has 0 bridgehead atoms. The van der Waals surface area contributed by atoms with Crippen molar-refractivity contribution in [2.75, 3.05) is 0 Å². The molecule has 2 nitrogen and oxygen atoms in total. The van der Waals surface area contributed by atoms with Crippen LogP contribution < -0.4 is 0 Å². The van der Waals surface area contributed by atoms with Gasteiger partial charge in [0.1, 0.15) is 10.9 Å². The lowest BCUT2D eigenvalue weighted by atomic mass is 10.2. The van der Waals surface area contributed by atoms with E-state index in [1.807, 2.05) is 6.07 Å². The third-order valence-corrected chi connectivity index (χ3v) is 3.09. The van der Waals surface area contributed by atoms with Gasteiger partial charge in [0.15, 0.2) is 5.75 Å². The number of nitriles is 1. The molecule has 0 aliphatic heterocycles. The molecule has 0 aliphatic rings. The SMILES string of the molecule is N#Cc1cc2ccc(Cl)c(O)c2s1. The standard InChI is InChI=1S/C9H4ClNOS/c10-7-2-1-5-3-6(4-11)13-9(5)8(7)12/h1-3,12H. The van der Waals surface area contributed by atoms with Gasteiger partial charge in [-0.3, -0.25) is 0 Å². The molecule has 13 heavy (non-hydrogen) atoms. The van der Waals surface area contributed by atoms with Gasteiger partial charge < -0.3 is 5.11 Å². The minimum Gasteiger partial charge on any atom is -0.505 e. The fourth-order valence-corrected chi connectivity index (χ4v) is 2.24. The van der Waals surface area contributed by atoms with Gasteiger partial charge >= 0.3 is 0 Å². The van der Waals surface area contributed by atoms with Crippen LogP contribution in [0.1, 0.15) is 4.88 Å². The maximum Gasteiger partial charge on any atom is 0.151 e. The van der Waals surface area contributed by atoms with E-state index in [9.17, 15) is 5.11 Å². The molecule has 0 saturated heterocycles. The molecule has 0 radical (unpaired) electrons. The summed E-state index contributed by atoms with van der Waals surface area (Å²) in [7, 11) is 0. The molecule has 2 rings (SSSR count). The van der Waals surface area contributed by atoms with Gasteiger partial charge in [-0.25, -0.2) is 0 Å². The Morgan fingerprint density at radius 2 is 2.23 bits per heavy atom. The van der Waals surface area contributed by atoms with Crippen LogP contribution in [0.15, 0.2) is 18.2 Å². The van der Waals surface area contributed by atoms with Gasteiger partial charge in [-0.2, -0.15) is 5.26 Å². The zero-order valence-electron chi connectivity index (χ0n) is 6.41. The van der Waals surface area contributed by atoms with Crippen LogP contribution in [0.3, 0.4) is 0 Å². The molecule has 1 aromatic heterocycles. The van der Waals surface area contributed by atoms with E-state index in [1.165, 1.54) is 11.3 Å². The van der Waals surface area contributed by atoms with Crippen molar-refractivity contribution in [2.24, 2.45) is 0 Å². The number of halogens is 1. The fourth-order valence-electron chi connectivity index (χ4n) is 1.12. The van der Waals surface area contributed by atoms with Crippen molar-refractivity contribution in [1.82, 2.24) is 0 Å². The van der Waals surface area contributed by atoms with Crippen molar-refractivity contribution in [3.05, 3.63) is 28.1 Å².